The number of hydrogen-bond donors (Lipinski definition) is 0. The molecule has 96 valence electrons. The van der Waals surface area contributed by atoms with Crippen molar-refractivity contribution in [3.8, 4) is 6.07 Å². The Kier molecular flexibility index (Phi) is 3.53. The van der Waals surface area contributed by atoms with Crippen molar-refractivity contribution in [1.29, 1.82) is 5.26 Å². The highest BCUT2D eigenvalue weighted by Gasteiger charge is 2.32. The first-order valence-electron chi connectivity index (χ1n) is 6.26. The summed E-state index contributed by atoms with van der Waals surface area (Å²) < 4.78 is 5.58. The smallest absolute Gasteiger partial charge is 0.146 e. The van der Waals surface area contributed by atoms with Gasteiger partial charge in [0.15, 0.2) is 0 Å². The highest BCUT2D eigenvalue weighted by molar-refractivity contribution is 5.54. The summed E-state index contributed by atoms with van der Waals surface area (Å²) in [5, 5.41) is 9.18. The SMILES string of the molecule is CO[C@]1(C)CCCN(c2nc(C)ccc2C#N)C1. The quantitative estimate of drug-likeness (QED) is 0.802. The fourth-order valence-corrected chi connectivity index (χ4v) is 2.42. The lowest BCUT2D eigenvalue weighted by molar-refractivity contribution is -0.00482. The molecule has 4 heteroatoms. The van der Waals surface area contributed by atoms with E-state index in [0.29, 0.717) is 5.56 Å². The fourth-order valence-electron chi connectivity index (χ4n) is 2.42. The molecule has 0 aliphatic carbocycles. The van der Waals surface area contributed by atoms with Gasteiger partial charge in [0.05, 0.1) is 11.2 Å². The third kappa shape index (κ3) is 2.46. The van der Waals surface area contributed by atoms with Crippen LogP contribution in [0.25, 0.3) is 0 Å². The van der Waals surface area contributed by atoms with Crippen LogP contribution >= 0.6 is 0 Å². The normalized spacial score (nSPS) is 23.8. The number of piperidine rings is 1. The molecule has 1 saturated heterocycles. The zero-order valence-electron chi connectivity index (χ0n) is 11.2. The van der Waals surface area contributed by atoms with Gasteiger partial charge in [-0.3, -0.25) is 0 Å². The van der Waals surface area contributed by atoms with E-state index in [1.54, 1.807) is 7.11 Å². The summed E-state index contributed by atoms with van der Waals surface area (Å²) in [5.74, 6) is 0.792. The predicted octanol–water partition coefficient (Wildman–Crippen LogP) is 2.27. The van der Waals surface area contributed by atoms with Gasteiger partial charge in [0.1, 0.15) is 11.9 Å². The average Bonchev–Trinajstić information content (AvgIpc) is 2.39. The molecule has 2 heterocycles. The van der Waals surface area contributed by atoms with E-state index in [1.165, 1.54) is 0 Å². The molecule has 18 heavy (non-hydrogen) atoms. The van der Waals surface area contributed by atoms with Crippen molar-refractivity contribution in [1.82, 2.24) is 4.98 Å². The summed E-state index contributed by atoms with van der Waals surface area (Å²) >= 11 is 0. The summed E-state index contributed by atoms with van der Waals surface area (Å²) in [7, 11) is 1.75. The number of hydrogen-bond acceptors (Lipinski definition) is 4. The first kappa shape index (κ1) is 12.8. The second-order valence-corrected chi connectivity index (χ2v) is 5.11. The van der Waals surface area contributed by atoms with Crippen molar-refractivity contribution < 1.29 is 4.74 Å². The molecular formula is C14H19N3O. The lowest BCUT2D eigenvalue weighted by atomic mass is 9.94. The fraction of sp³-hybridized carbons (Fsp3) is 0.571. The molecule has 1 fully saturated rings. The van der Waals surface area contributed by atoms with Gasteiger partial charge >= 0.3 is 0 Å². The number of rotatable bonds is 2. The van der Waals surface area contributed by atoms with E-state index in [2.05, 4.69) is 22.9 Å². The molecule has 0 saturated carbocycles. The Labute approximate surface area is 108 Å². The maximum Gasteiger partial charge on any atom is 0.146 e. The summed E-state index contributed by atoms with van der Waals surface area (Å²) in [5.41, 5.74) is 1.44. The molecule has 1 aromatic heterocycles. The minimum Gasteiger partial charge on any atom is -0.377 e. The minimum absolute atomic E-state index is 0.142. The Morgan fingerprint density at radius 2 is 2.28 bits per heavy atom. The van der Waals surface area contributed by atoms with Crippen molar-refractivity contribution in [3.63, 3.8) is 0 Å². The number of methoxy groups -OCH3 is 1. The molecule has 0 amide bonds. The van der Waals surface area contributed by atoms with Crippen LogP contribution in [0.1, 0.15) is 31.0 Å². The molecule has 1 aromatic rings. The monoisotopic (exact) mass is 245 g/mol. The number of aromatic nitrogens is 1. The van der Waals surface area contributed by atoms with Crippen molar-refractivity contribution in [3.05, 3.63) is 23.4 Å². The van der Waals surface area contributed by atoms with Crippen LogP contribution in [-0.2, 0) is 4.74 Å². The van der Waals surface area contributed by atoms with E-state index in [0.717, 1.165) is 37.4 Å². The lowest BCUT2D eigenvalue weighted by Gasteiger charge is -2.40. The van der Waals surface area contributed by atoms with Gasteiger partial charge in [-0.25, -0.2) is 4.98 Å². The van der Waals surface area contributed by atoms with Crippen LogP contribution < -0.4 is 4.90 Å². The molecule has 0 unspecified atom stereocenters. The molecule has 4 nitrogen and oxygen atoms in total. The predicted molar refractivity (Wildman–Crippen MR) is 70.6 cm³/mol. The number of nitrogens with zero attached hydrogens (tertiary/aromatic N) is 3. The Morgan fingerprint density at radius 3 is 2.94 bits per heavy atom. The largest absolute Gasteiger partial charge is 0.377 e. The lowest BCUT2D eigenvalue weighted by Crippen LogP contribution is -2.48. The van der Waals surface area contributed by atoms with Crippen molar-refractivity contribution in [2.45, 2.75) is 32.3 Å². The topological polar surface area (TPSA) is 49.1 Å². The standard InChI is InChI=1S/C14H19N3O/c1-11-5-6-12(9-15)13(16-11)17-8-4-7-14(2,10-17)18-3/h5-6H,4,7-8,10H2,1-3H3/t14-/m1/s1. The van der Waals surface area contributed by atoms with Crippen LogP contribution in [-0.4, -0.2) is 30.8 Å². The van der Waals surface area contributed by atoms with Gasteiger partial charge in [-0.1, -0.05) is 0 Å². The highest BCUT2D eigenvalue weighted by Crippen LogP contribution is 2.28. The van der Waals surface area contributed by atoms with E-state index >= 15 is 0 Å². The average molecular weight is 245 g/mol. The maximum atomic E-state index is 9.18. The number of pyridine rings is 1. The van der Waals surface area contributed by atoms with Gasteiger partial charge in [-0.05, 0) is 38.8 Å². The summed E-state index contributed by atoms with van der Waals surface area (Å²) in [4.78, 5) is 6.68. The first-order valence-corrected chi connectivity index (χ1v) is 6.26. The molecule has 0 bridgehead atoms. The second kappa shape index (κ2) is 4.95. The molecular weight excluding hydrogens is 226 g/mol. The molecule has 0 spiro atoms. The van der Waals surface area contributed by atoms with Gasteiger partial charge < -0.3 is 9.64 Å². The third-order valence-electron chi connectivity index (χ3n) is 3.59. The second-order valence-electron chi connectivity index (χ2n) is 5.11. The third-order valence-corrected chi connectivity index (χ3v) is 3.59. The molecule has 2 rings (SSSR count). The Balaban J connectivity index is 2.31. The maximum absolute atomic E-state index is 9.18. The zero-order valence-corrected chi connectivity index (χ0v) is 11.2. The van der Waals surface area contributed by atoms with Crippen LogP contribution in [0.2, 0.25) is 0 Å². The van der Waals surface area contributed by atoms with Crippen molar-refractivity contribution in [2.24, 2.45) is 0 Å². The first-order chi connectivity index (χ1) is 8.58. The van der Waals surface area contributed by atoms with Crippen LogP contribution in [0, 0.1) is 18.3 Å². The van der Waals surface area contributed by atoms with Gasteiger partial charge in [-0.15, -0.1) is 0 Å². The van der Waals surface area contributed by atoms with Crippen LogP contribution in [0.5, 0.6) is 0 Å². The molecule has 1 atom stereocenters. The molecule has 0 aromatic carbocycles. The van der Waals surface area contributed by atoms with E-state index in [-0.39, 0.29) is 5.60 Å². The van der Waals surface area contributed by atoms with E-state index in [4.69, 9.17) is 4.74 Å². The zero-order chi connectivity index (χ0) is 13.2. The molecule has 0 radical (unpaired) electrons. The Morgan fingerprint density at radius 1 is 1.50 bits per heavy atom. The van der Waals surface area contributed by atoms with Gasteiger partial charge in [0, 0.05) is 25.9 Å². The van der Waals surface area contributed by atoms with Crippen molar-refractivity contribution >= 4 is 5.82 Å². The van der Waals surface area contributed by atoms with Crippen LogP contribution in [0.4, 0.5) is 5.82 Å². The van der Waals surface area contributed by atoms with Crippen molar-refractivity contribution in [2.75, 3.05) is 25.1 Å². The van der Waals surface area contributed by atoms with Crippen LogP contribution in [0.15, 0.2) is 12.1 Å². The number of anilines is 1. The van der Waals surface area contributed by atoms with E-state index < -0.39 is 0 Å². The molecule has 0 N–H and O–H groups in total. The number of nitriles is 1. The molecule has 1 aliphatic heterocycles. The summed E-state index contributed by atoms with van der Waals surface area (Å²) in [6, 6.07) is 5.94. The highest BCUT2D eigenvalue weighted by atomic mass is 16.5. The summed E-state index contributed by atoms with van der Waals surface area (Å²) in [6.07, 6.45) is 2.11. The van der Waals surface area contributed by atoms with E-state index in [1.807, 2.05) is 19.1 Å². The summed E-state index contributed by atoms with van der Waals surface area (Å²) in [6.45, 7) is 5.78. The van der Waals surface area contributed by atoms with Gasteiger partial charge in [0.25, 0.3) is 0 Å². The minimum atomic E-state index is -0.142. The number of aryl methyl sites for hydroxylation is 1. The van der Waals surface area contributed by atoms with Gasteiger partial charge in [0.2, 0.25) is 0 Å². The van der Waals surface area contributed by atoms with E-state index in [9.17, 15) is 5.26 Å². The molecule has 1 aliphatic rings. The Bertz CT molecular complexity index is 480. The van der Waals surface area contributed by atoms with Gasteiger partial charge in [-0.2, -0.15) is 5.26 Å². The van der Waals surface area contributed by atoms with Crippen LogP contribution in [0.3, 0.4) is 0 Å². The Hall–Kier alpha value is -1.60. The number of ether oxygens (including phenoxy) is 1.